The molecule has 1 saturated carbocycles. The highest BCUT2D eigenvalue weighted by Crippen LogP contribution is 2.32. The average Bonchev–Trinajstić information content (AvgIpc) is 2.55. The molecule has 2 nitrogen and oxygen atoms in total. The lowest BCUT2D eigenvalue weighted by atomic mass is 9.78. The maximum Gasteiger partial charge on any atom is 0.165 e. The van der Waals surface area contributed by atoms with Crippen molar-refractivity contribution in [1.82, 2.24) is 0 Å². The predicted octanol–water partition coefficient (Wildman–Crippen LogP) is 5.26. The Kier molecular flexibility index (Phi) is 6.28. The molecule has 1 aromatic rings. The topological polar surface area (TPSA) is 26.3 Å². The van der Waals surface area contributed by atoms with E-state index < -0.39 is 0 Å². The number of hydrogen-bond acceptors (Lipinski definition) is 2. The Morgan fingerprint density at radius 2 is 1.76 bits per heavy atom. The third kappa shape index (κ3) is 4.59. The van der Waals surface area contributed by atoms with Crippen LogP contribution in [0.5, 0.6) is 5.75 Å². The zero-order chi connectivity index (χ0) is 15.1. The molecule has 0 radical (unpaired) electrons. The second-order valence-electron chi connectivity index (χ2n) is 6.22. The Labute approximate surface area is 128 Å². The molecule has 0 unspecified atom stereocenters. The van der Waals surface area contributed by atoms with Gasteiger partial charge in [0.05, 0.1) is 6.61 Å². The van der Waals surface area contributed by atoms with Crippen LogP contribution in [-0.4, -0.2) is 12.4 Å². The van der Waals surface area contributed by atoms with Crippen molar-refractivity contribution in [3.05, 3.63) is 29.8 Å². The van der Waals surface area contributed by atoms with Gasteiger partial charge in [0.1, 0.15) is 5.75 Å². The van der Waals surface area contributed by atoms with E-state index in [0.717, 1.165) is 49.5 Å². The van der Waals surface area contributed by atoms with Crippen molar-refractivity contribution in [2.24, 2.45) is 11.8 Å². The lowest BCUT2D eigenvalue weighted by Gasteiger charge is -2.26. The van der Waals surface area contributed by atoms with Gasteiger partial charge in [-0.15, -0.1) is 0 Å². The molecule has 0 bridgehead atoms. The largest absolute Gasteiger partial charge is 0.494 e. The number of carbonyl (C=O) groups excluding carboxylic acids is 1. The van der Waals surface area contributed by atoms with E-state index in [1.165, 1.54) is 19.3 Å². The summed E-state index contributed by atoms with van der Waals surface area (Å²) < 4.78 is 5.64. The molecule has 0 heterocycles. The Morgan fingerprint density at radius 3 is 2.33 bits per heavy atom. The molecule has 0 aromatic heterocycles. The fraction of sp³-hybridized carbons (Fsp3) is 0.632. The SMILES string of the molecule is CCCCOc1ccc(C(=O)C2CCC(CC)CC2)cc1. The fourth-order valence-electron chi connectivity index (χ4n) is 3.12. The molecule has 116 valence electrons. The highest BCUT2D eigenvalue weighted by Gasteiger charge is 2.26. The predicted molar refractivity (Wildman–Crippen MR) is 86.9 cm³/mol. The Morgan fingerprint density at radius 1 is 1.10 bits per heavy atom. The first-order chi connectivity index (χ1) is 10.2. The molecule has 1 aliphatic rings. The van der Waals surface area contributed by atoms with Gasteiger partial charge in [0.15, 0.2) is 5.78 Å². The van der Waals surface area contributed by atoms with Crippen molar-refractivity contribution < 1.29 is 9.53 Å². The monoisotopic (exact) mass is 288 g/mol. The highest BCUT2D eigenvalue weighted by molar-refractivity contribution is 5.98. The van der Waals surface area contributed by atoms with Gasteiger partial charge in [-0.1, -0.05) is 26.7 Å². The molecule has 0 N–H and O–H groups in total. The summed E-state index contributed by atoms with van der Waals surface area (Å²) in [4.78, 5) is 12.5. The van der Waals surface area contributed by atoms with E-state index in [2.05, 4.69) is 13.8 Å². The minimum Gasteiger partial charge on any atom is -0.494 e. The molecule has 0 amide bonds. The van der Waals surface area contributed by atoms with Crippen LogP contribution in [-0.2, 0) is 0 Å². The van der Waals surface area contributed by atoms with Crippen LogP contribution in [0.2, 0.25) is 0 Å². The van der Waals surface area contributed by atoms with Gasteiger partial charge >= 0.3 is 0 Å². The fourth-order valence-corrected chi connectivity index (χ4v) is 3.12. The molecule has 0 aliphatic heterocycles. The molecule has 0 spiro atoms. The van der Waals surface area contributed by atoms with Crippen LogP contribution >= 0.6 is 0 Å². The lowest BCUT2D eigenvalue weighted by molar-refractivity contribution is 0.0871. The van der Waals surface area contributed by atoms with Crippen molar-refractivity contribution in [3.63, 3.8) is 0 Å². The number of Topliss-reactive ketones (excluding diaryl/α,β-unsaturated/α-hetero) is 1. The van der Waals surface area contributed by atoms with E-state index in [1.807, 2.05) is 24.3 Å². The van der Waals surface area contributed by atoms with Crippen molar-refractivity contribution >= 4 is 5.78 Å². The molecule has 2 rings (SSSR count). The Hall–Kier alpha value is -1.31. The summed E-state index contributed by atoms with van der Waals surface area (Å²) in [5.74, 6) is 2.27. The zero-order valence-corrected chi connectivity index (χ0v) is 13.4. The van der Waals surface area contributed by atoms with Gasteiger partial charge < -0.3 is 4.74 Å². The van der Waals surface area contributed by atoms with Crippen LogP contribution in [0.3, 0.4) is 0 Å². The normalized spacial score (nSPS) is 22.0. The highest BCUT2D eigenvalue weighted by atomic mass is 16.5. The van der Waals surface area contributed by atoms with Gasteiger partial charge in [-0.2, -0.15) is 0 Å². The van der Waals surface area contributed by atoms with Crippen molar-refractivity contribution in [1.29, 1.82) is 0 Å². The van der Waals surface area contributed by atoms with E-state index in [1.54, 1.807) is 0 Å². The van der Waals surface area contributed by atoms with Crippen LogP contribution in [0.15, 0.2) is 24.3 Å². The molecular weight excluding hydrogens is 260 g/mol. The maximum atomic E-state index is 12.5. The molecule has 2 heteroatoms. The first kappa shape index (κ1) is 16.1. The van der Waals surface area contributed by atoms with Gasteiger partial charge in [0.2, 0.25) is 0 Å². The number of carbonyl (C=O) groups is 1. The summed E-state index contributed by atoms with van der Waals surface area (Å²) in [6, 6.07) is 7.71. The van der Waals surface area contributed by atoms with Gasteiger partial charge in [-0.3, -0.25) is 4.79 Å². The molecule has 0 saturated heterocycles. The number of ether oxygens (including phenoxy) is 1. The molecule has 1 fully saturated rings. The number of hydrogen-bond donors (Lipinski definition) is 0. The zero-order valence-electron chi connectivity index (χ0n) is 13.4. The van der Waals surface area contributed by atoms with Gasteiger partial charge in [-0.05, 0) is 62.3 Å². The van der Waals surface area contributed by atoms with Gasteiger partial charge in [0, 0.05) is 11.5 Å². The van der Waals surface area contributed by atoms with Crippen LogP contribution < -0.4 is 4.74 Å². The minimum absolute atomic E-state index is 0.236. The minimum atomic E-state index is 0.236. The van der Waals surface area contributed by atoms with Crippen LogP contribution in [0.4, 0.5) is 0 Å². The van der Waals surface area contributed by atoms with Gasteiger partial charge in [-0.25, -0.2) is 0 Å². The van der Waals surface area contributed by atoms with E-state index in [-0.39, 0.29) is 5.92 Å². The second-order valence-corrected chi connectivity index (χ2v) is 6.22. The first-order valence-electron chi connectivity index (χ1n) is 8.51. The third-order valence-corrected chi connectivity index (χ3v) is 4.70. The number of benzene rings is 1. The first-order valence-corrected chi connectivity index (χ1v) is 8.51. The molecule has 21 heavy (non-hydrogen) atoms. The van der Waals surface area contributed by atoms with Crippen molar-refractivity contribution in [3.8, 4) is 5.75 Å². The molecule has 0 atom stereocenters. The summed E-state index contributed by atoms with van der Waals surface area (Å²) in [6.45, 7) is 5.16. The van der Waals surface area contributed by atoms with E-state index in [0.29, 0.717) is 5.78 Å². The molecular formula is C19H28O2. The summed E-state index contributed by atoms with van der Waals surface area (Å²) in [5, 5.41) is 0. The van der Waals surface area contributed by atoms with Gasteiger partial charge in [0.25, 0.3) is 0 Å². The smallest absolute Gasteiger partial charge is 0.165 e. The summed E-state index contributed by atoms with van der Waals surface area (Å²) >= 11 is 0. The summed E-state index contributed by atoms with van der Waals surface area (Å²) in [6.07, 6.45) is 8.01. The third-order valence-electron chi connectivity index (χ3n) is 4.70. The molecule has 1 aliphatic carbocycles. The summed E-state index contributed by atoms with van der Waals surface area (Å²) in [5.41, 5.74) is 0.845. The Bertz CT molecular complexity index is 427. The Balaban J connectivity index is 1.88. The van der Waals surface area contributed by atoms with Crippen LogP contribution in [0, 0.1) is 11.8 Å². The van der Waals surface area contributed by atoms with Crippen LogP contribution in [0.1, 0.15) is 69.2 Å². The average molecular weight is 288 g/mol. The standard InChI is InChI=1S/C19H28O2/c1-3-5-14-21-18-12-10-17(11-13-18)19(20)16-8-6-15(4-2)7-9-16/h10-13,15-16H,3-9,14H2,1-2H3. The lowest BCUT2D eigenvalue weighted by Crippen LogP contribution is -2.21. The maximum absolute atomic E-state index is 12.5. The van der Waals surface area contributed by atoms with Crippen molar-refractivity contribution in [2.45, 2.75) is 58.8 Å². The van der Waals surface area contributed by atoms with E-state index in [9.17, 15) is 4.79 Å². The summed E-state index contributed by atoms with van der Waals surface area (Å²) in [7, 11) is 0. The number of unbranched alkanes of at least 4 members (excludes halogenated alkanes) is 1. The molecule has 1 aromatic carbocycles. The number of ketones is 1. The number of rotatable bonds is 7. The quantitative estimate of drug-likeness (QED) is 0.505. The van der Waals surface area contributed by atoms with E-state index >= 15 is 0 Å². The van der Waals surface area contributed by atoms with E-state index in [4.69, 9.17) is 4.74 Å². The van der Waals surface area contributed by atoms with Crippen LogP contribution in [0.25, 0.3) is 0 Å². The second kappa shape index (κ2) is 8.21. The van der Waals surface area contributed by atoms with Crippen molar-refractivity contribution in [2.75, 3.05) is 6.61 Å².